The maximum atomic E-state index is 12.6. The molecule has 4 aromatic rings. The number of hydrogen-bond acceptors (Lipinski definition) is 4. The molecule has 0 aliphatic carbocycles. The Balaban J connectivity index is 1.53. The zero-order valence-corrected chi connectivity index (χ0v) is 20.9. The van der Waals surface area contributed by atoms with Crippen molar-refractivity contribution < 1.29 is 14.3 Å². The Morgan fingerprint density at radius 2 is 1.74 bits per heavy atom. The molecule has 0 aliphatic heterocycles. The Hall–Kier alpha value is -4.08. The first kappa shape index (κ1) is 24.1. The van der Waals surface area contributed by atoms with Gasteiger partial charge in [-0.05, 0) is 65.2 Å². The number of amides is 1. The van der Waals surface area contributed by atoms with Gasteiger partial charge < -0.3 is 14.8 Å². The fourth-order valence-corrected chi connectivity index (χ4v) is 4.00. The van der Waals surface area contributed by atoms with Gasteiger partial charge in [-0.15, -0.1) is 0 Å². The van der Waals surface area contributed by atoms with Crippen molar-refractivity contribution in [3.8, 4) is 17.6 Å². The standard InChI is InChI=1S/C29H23BrN2O3/c1-19-7-11-25(12-8-19)32-29(33)24(17-31)14-23-15-27(34-2)28(16-26(23)30)35-18-20-9-10-21-5-3-4-6-22(21)13-20/h3-16H,18H2,1-2H3,(H,32,33)/b24-14+. The van der Waals surface area contributed by atoms with Crippen LogP contribution in [0.2, 0.25) is 0 Å². The van der Waals surface area contributed by atoms with E-state index in [1.54, 1.807) is 31.4 Å². The average molecular weight is 527 g/mol. The summed E-state index contributed by atoms with van der Waals surface area (Å²) in [5, 5.41) is 14.7. The van der Waals surface area contributed by atoms with Gasteiger partial charge in [0.1, 0.15) is 18.2 Å². The van der Waals surface area contributed by atoms with Gasteiger partial charge in [-0.3, -0.25) is 4.79 Å². The highest BCUT2D eigenvalue weighted by Gasteiger charge is 2.14. The molecular weight excluding hydrogens is 504 g/mol. The smallest absolute Gasteiger partial charge is 0.266 e. The normalized spacial score (nSPS) is 11.1. The van der Waals surface area contributed by atoms with Gasteiger partial charge in [-0.1, -0.05) is 70.0 Å². The molecule has 0 aliphatic rings. The van der Waals surface area contributed by atoms with Crippen molar-refractivity contribution in [2.24, 2.45) is 0 Å². The number of rotatable bonds is 7. The molecule has 1 N–H and O–H groups in total. The first-order valence-electron chi connectivity index (χ1n) is 10.9. The molecule has 0 bridgehead atoms. The lowest BCUT2D eigenvalue weighted by atomic mass is 10.1. The van der Waals surface area contributed by atoms with Crippen molar-refractivity contribution in [2.75, 3.05) is 12.4 Å². The molecule has 5 nitrogen and oxygen atoms in total. The van der Waals surface area contributed by atoms with Gasteiger partial charge in [0.2, 0.25) is 0 Å². The van der Waals surface area contributed by atoms with E-state index >= 15 is 0 Å². The van der Waals surface area contributed by atoms with Crippen LogP contribution in [0.1, 0.15) is 16.7 Å². The highest BCUT2D eigenvalue weighted by molar-refractivity contribution is 9.10. The lowest BCUT2D eigenvalue weighted by Crippen LogP contribution is -2.13. The molecule has 0 unspecified atom stereocenters. The van der Waals surface area contributed by atoms with E-state index in [1.165, 1.54) is 11.5 Å². The lowest BCUT2D eigenvalue weighted by Gasteiger charge is -2.13. The first-order chi connectivity index (χ1) is 17.0. The van der Waals surface area contributed by atoms with E-state index < -0.39 is 5.91 Å². The van der Waals surface area contributed by atoms with Gasteiger partial charge in [0.15, 0.2) is 11.5 Å². The molecular formula is C29H23BrN2O3. The molecule has 174 valence electrons. The molecule has 0 aromatic heterocycles. The average Bonchev–Trinajstić information content (AvgIpc) is 2.88. The third-order valence-electron chi connectivity index (χ3n) is 5.47. The summed E-state index contributed by atoms with van der Waals surface area (Å²) in [6, 6.07) is 27.2. The number of nitrogens with zero attached hydrogens (tertiary/aromatic N) is 1. The number of halogens is 1. The molecule has 0 fully saturated rings. The van der Waals surface area contributed by atoms with Gasteiger partial charge in [0.05, 0.1) is 7.11 Å². The highest BCUT2D eigenvalue weighted by atomic mass is 79.9. The Morgan fingerprint density at radius 1 is 1.00 bits per heavy atom. The van der Waals surface area contributed by atoms with Crippen molar-refractivity contribution in [3.05, 3.63) is 106 Å². The van der Waals surface area contributed by atoms with Crippen molar-refractivity contribution in [3.63, 3.8) is 0 Å². The van der Waals surface area contributed by atoms with Crippen LogP contribution in [0.4, 0.5) is 5.69 Å². The maximum Gasteiger partial charge on any atom is 0.266 e. The molecule has 1 amide bonds. The predicted octanol–water partition coefficient (Wildman–Crippen LogP) is 7.04. The van der Waals surface area contributed by atoms with Crippen LogP contribution in [0.3, 0.4) is 0 Å². The molecule has 0 saturated carbocycles. The summed E-state index contributed by atoms with van der Waals surface area (Å²) < 4.78 is 12.2. The van der Waals surface area contributed by atoms with E-state index in [9.17, 15) is 10.1 Å². The predicted molar refractivity (Wildman–Crippen MR) is 142 cm³/mol. The van der Waals surface area contributed by atoms with E-state index in [0.29, 0.717) is 33.8 Å². The number of hydrogen-bond donors (Lipinski definition) is 1. The molecule has 4 aromatic carbocycles. The Bertz CT molecular complexity index is 1450. The maximum absolute atomic E-state index is 12.6. The third-order valence-corrected chi connectivity index (χ3v) is 6.15. The number of nitrogens with one attached hydrogen (secondary N) is 1. The summed E-state index contributed by atoms with van der Waals surface area (Å²) in [5.74, 6) is 0.558. The Kier molecular flexibility index (Phi) is 7.49. The van der Waals surface area contributed by atoms with Crippen LogP contribution in [-0.2, 0) is 11.4 Å². The van der Waals surface area contributed by atoms with Gasteiger partial charge in [0.25, 0.3) is 5.91 Å². The Labute approximate surface area is 212 Å². The van der Waals surface area contributed by atoms with E-state index in [2.05, 4.69) is 45.5 Å². The summed E-state index contributed by atoms with van der Waals surface area (Å²) >= 11 is 3.53. The molecule has 0 heterocycles. The van der Waals surface area contributed by atoms with E-state index in [-0.39, 0.29) is 5.57 Å². The quantitative estimate of drug-likeness (QED) is 0.207. The number of aryl methyl sites for hydroxylation is 1. The number of ether oxygens (including phenoxy) is 2. The Morgan fingerprint density at radius 3 is 2.46 bits per heavy atom. The van der Waals surface area contributed by atoms with Crippen LogP contribution in [0.5, 0.6) is 11.5 Å². The van der Waals surface area contributed by atoms with Crippen LogP contribution in [0, 0.1) is 18.3 Å². The van der Waals surface area contributed by atoms with E-state index in [4.69, 9.17) is 9.47 Å². The number of methoxy groups -OCH3 is 1. The number of nitriles is 1. The van der Waals surface area contributed by atoms with Crippen LogP contribution in [0.15, 0.2) is 88.9 Å². The summed E-state index contributed by atoms with van der Waals surface area (Å²) in [6.45, 7) is 2.33. The molecule has 0 atom stereocenters. The van der Waals surface area contributed by atoms with Crippen molar-refractivity contribution in [2.45, 2.75) is 13.5 Å². The second kappa shape index (κ2) is 10.9. The SMILES string of the molecule is COc1cc(/C=C(\C#N)C(=O)Nc2ccc(C)cc2)c(Br)cc1OCc1ccc2ccccc2c1. The minimum atomic E-state index is -0.487. The number of benzene rings is 4. The summed E-state index contributed by atoms with van der Waals surface area (Å²) in [4.78, 5) is 12.6. The van der Waals surface area contributed by atoms with Crippen LogP contribution in [-0.4, -0.2) is 13.0 Å². The molecule has 6 heteroatoms. The van der Waals surface area contributed by atoms with Gasteiger partial charge in [-0.25, -0.2) is 0 Å². The van der Waals surface area contributed by atoms with E-state index in [0.717, 1.165) is 16.5 Å². The number of fused-ring (bicyclic) bond motifs is 1. The van der Waals surface area contributed by atoms with Crippen molar-refractivity contribution in [1.82, 2.24) is 0 Å². The summed E-state index contributed by atoms with van der Waals surface area (Å²) in [7, 11) is 1.55. The zero-order chi connectivity index (χ0) is 24.8. The molecule has 0 saturated heterocycles. The van der Waals surface area contributed by atoms with Crippen molar-refractivity contribution in [1.29, 1.82) is 5.26 Å². The fraction of sp³-hybridized carbons (Fsp3) is 0.103. The van der Waals surface area contributed by atoms with E-state index in [1.807, 2.05) is 43.3 Å². The second-order valence-corrected chi connectivity index (χ2v) is 8.84. The minimum Gasteiger partial charge on any atom is -0.493 e. The number of anilines is 1. The monoisotopic (exact) mass is 526 g/mol. The molecule has 0 spiro atoms. The summed E-state index contributed by atoms with van der Waals surface area (Å²) in [6.07, 6.45) is 1.52. The highest BCUT2D eigenvalue weighted by Crippen LogP contribution is 2.35. The first-order valence-corrected chi connectivity index (χ1v) is 11.7. The topological polar surface area (TPSA) is 71.3 Å². The minimum absolute atomic E-state index is 0.0295. The van der Waals surface area contributed by atoms with Crippen molar-refractivity contribution >= 4 is 44.4 Å². The van der Waals surface area contributed by atoms with Crippen LogP contribution >= 0.6 is 15.9 Å². The number of carbonyl (C=O) groups excluding carboxylic acids is 1. The van der Waals surface area contributed by atoms with Gasteiger partial charge in [-0.2, -0.15) is 5.26 Å². The van der Waals surface area contributed by atoms with Gasteiger partial charge in [0, 0.05) is 10.2 Å². The second-order valence-electron chi connectivity index (χ2n) is 7.98. The number of carbonyl (C=O) groups is 1. The fourth-order valence-electron chi connectivity index (χ4n) is 3.56. The largest absolute Gasteiger partial charge is 0.493 e. The zero-order valence-electron chi connectivity index (χ0n) is 19.3. The van der Waals surface area contributed by atoms with Gasteiger partial charge >= 0.3 is 0 Å². The van der Waals surface area contributed by atoms with Crippen LogP contribution in [0.25, 0.3) is 16.8 Å². The summed E-state index contributed by atoms with van der Waals surface area (Å²) in [5.41, 5.74) is 3.33. The lowest BCUT2D eigenvalue weighted by molar-refractivity contribution is -0.112. The molecule has 4 rings (SSSR count). The third kappa shape index (κ3) is 5.89. The molecule has 0 radical (unpaired) electrons. The molecule has 35 heavy (non-hydrogen) atoms. The van der Waals surface area contributed by atoms with Crippen LogP contribution < -0.4 is 14.8 Å².